The predicted molar refractivity (Wildman–Crippen MR) is 99.9 cm³/mol. The van der Waals surface area contributed by atoms with Crippen molar-refractivity contribution in [3.05, 3.63) is 99.8 Å². The molecule has 0 fully saturated rings. The number of amides is 2. The summed E-state index contributed by atoms with van der Waals surface area (Å²) in [6.07, 6.45) is 6.24. The van der Waals surface area contributed by atoms with Crippen molar-refractivity contribution >= 4 is 17.4 Å². The van der Waals surface area contributed by atoms with Gasteiger partial charge in [-0.05, 0) is 36.3 Å². The van der Waals surface area contributed by atoms with Crippen LogP contribution in [0, 0.1) is 10.1 Å². The normalized spacial score (nSPS) is 13.2. The minimum absolute atomic E-state index is 0.0238. The Morgan fingerprint density at radius 3 is 2.46 bits per heavy atom. The molecule has 3 rings (SSSR count). The first-order chi connectivity index (χ1) is 12.6. The van der Waals surface area contributed by atoms with E-state index in [4.69, 9.17) is 0 Å². The maximum atomic E-state index is 12.4. The minimum Gasteiger partial charge on any atom is -0.330 e. The second-order valence-electron chi connectivity index (χ2n) is 5.77. The molecule has 2 aromatic carbocycles. The maximum absolute atomic E-state index is 12.4. The molecule has 6 nitrogen and oxygen atoms in total. The van der Waals surface area contributed by atoms with Crippen molar-refractivity contribution in [2.45, 2.75) is 12.5 Å². The van der Waals surface area contributed by atoms with Crippen LogP contribution in [0.2, 0.25) is 0 Å². The number of non-ortho nitro benzene ring substituents is 1. The van der Waals surface area contributed by atoms with Gasteiger partial charge in [0.1, 0.15) is 0 Å². The number of benzene rings is 2. The van der Waals surface area contributed by atoms with Crippen LogP contribution in [0.15, 0.2) is 84.1 Å². The van der Waals surface area contributed by atoms with Crippen LogP contribution in [-0.2, 0) is 6.42 Å². The Bertz CT molecular complexity index is 896. The van der Waals surface area contributed by atoms with Crippen LogP contribution >= 0.6 is 0 Å². The molecular formula is C20H17N3O3. The molecule has 0 spiro atoms. The molecule has 1 aliphatic rings. The van der Waals surface area contributed by atoms with Crippen molar-refractivity contribution in [3.63, 3.8) is 0 Å². The number of urea groups is 1. The molecule has 6 heteroatoms. The lowest BCUT2D eigenvalue weighted by Gasteiger charge is -2.19. The molecule has 1 atom stereocenters. The van der Waals surface area contributed by atoms with E-state index in [1.165, 1.54) is 24.3 Å². The van der Waals surface area contributed by atoms with Crippen LogP contribution < -0.4 is 10.6 Å². The van der Waals surface area contributed by atoms with Crippen LogP contribution in [0.4, 0.5) is 16.2 Å². The van der Waals surface area contributed by atoms with Crippen molar-refractivity contribution in [2.24, 2.45) is 0 Å². The van der Waals surface area contributed by atoms with Crippen LogP contribution in [0.5, 0.6) is 0 Å². The van der Waals surface area contributed by atoms with Gasteiger partial charge >= 0.3 is 6.03 Å². The molecule has 0 aromatic heterocycles. The summed E-state index contributed by atoms with van der Waals surface area (Å²) in [5.74, 6) is 0. The third-order valence-corrected chi connectivity index (χ3v) is 3.92. The van der Waals surface area contributed by atoms with E-state index in [-0.39, 0.29) is 17.8 Å². The molecule has 2 N–H and O–H groups in total. The first kappa shape index (κ1) is 17.2. The predicted octanol–water partition coefficient (Wildman–Crippen LogP) is 3.98. The fourth-order valence-corrected chi connectivity index (χ4v) is 2.64. The molecular weight excluding hydrogens is 330 g/mol. The lowest BCUT2D eigenvalue weighted by Crippen LogP contribution is -2.40. The summed E-state index contributed by atoms with van der Waals surface area (Å²) >= 11 is 0. The number of nitro groups is 1. The van der Waals surface area contributed by atoms with Crippen molar-refractivity contribution < 1.29 is 9.72 Å². The second kappa shape index (κ2) is 7.96. The van der Waals surface area contributed by atoms with Crippen LogP contribution in [0.25, 0.3) is 0 Å². The van der Waals surface area contributed by atoms with Gasteiger partial charge in [-0.2, -0.15) is 0 Å². The summed E-state index contributed by atoms with van der Waals surface area (Å²) in [5, 5.41) is 16.3. The third-order valence-electron chi connectivity index (χ3n) is 3.92. The molecule has 0 unspecified atom stereocenters. The van der Waals surface area contributed by atoms with E-state index in [0.717, 1.165) is 11.1 Å². The molecule has 26 heavy (non-hydrogen) atoms. The van der Waals surface area contributed by atoms with E-state index in [1.807, 2.05) is 48.6 Å². The van der Waals surface area contributed by atoms with Gasteiger partial charge < -0.3 is 10.6 Å². The Kier molecular flexibility index (Phi) is 5.27. The van der Waals surface area contributed by atoms with E-state index < -0.39 is 4.92 Å². The average Bonchev–Trinajstić information content (AvgIpc) is 3.17. The summed E-state index contributed by atoms with van der Waals surface area (Å²) in [4.78, 5) is 22.6. The van der Waals surface area contributed by atoms with Crippen molar-refractivity contribution in [3.8, 4) is 0 Å². The summed E-state index contributed by atoms with van der Waals surface area (Å²) in [6.45, 7) is 0. The number of hydrogen-bond acceptors (Lipinski definition) is 3. The van der Waals surface area contributed by atoms with Crippen molar-refractivity contribution in [1.82, 2.24) is 5.32 Å². The number of nitrogens with one attached hydrogen (secondary N) is 2. The zero-order valence-corrected chi connectivity index (χ0v) is 13.9. The zero-order chi connectivity index (χ0) is 18.4. The van der Waals surface area contributed by atoms with Crippen molar-refractivity contribution in [2.75, 3.05) is 5.32 Å². The lowest BCUT2D eigenvalue weighted by atomic mass is 10.00. The Morgan fingerprint density at radius 1 is 1.12 bits per heavy atom. The lowest BCUT2D eigenvalue weighted by molar-refractivity contribution is -0.384. The Labute approximate surface area is 150 Å². The number of carbonyl (C=O) groups is 1. The Balaban J connectivity index is 1.68. The summed E-state index contributed by atoms with van der Waals surface area (Å²) < 4.78 is 0. The van der Waals surface area contributed by atoms with E-state index in [2.05, 4.69) is 16.4 Å². The van der Waals surface area contributed by atoms with Gasteiger partial charge in [0, 0.05) is 23.4 Å². The Morgan fingerprint density at radius 2 is 1.85 bits per heavy atom. The number of carbonyl (C=O) groups excluding carboxylic acids is 1. The Hall–Kier alpha value is -3.63. The van der Waals surface area contributed by atoms with E-state index in [1.54, 1.807) is 0 Å². The number of nitro benzene ring substituents is 1. The smallest absolute Gasteiger partial charge is 0.319 e. The van der Waals surface area contributed by atoms with Gasteiger partial charge in [0.15, 0.2) is 0 Å². The minimum atomic E-state index is -0.481. The molecule has 130 valence electrons. The third kappa shape index (κ3) is 4.47. The standard InChI is InChI=1S/C20H17N3O3/c24-20(21-17-10-12-18(13-11-17)23(25)26)22-19(16-8-4-5-9-16)14-15-6-2-1-3-7-15/h1-8,10-13,19H,14H2,(H2,21,22,24)/t19-/m1/s1. The fraction of sp³-hybridized carbons (Fsp3) is 0.100. The highest BCUT2D eigenvalue weighted by Crippen LogP contribution is 2.17. The highest BCUT2D eigenvalue weighted by Gasteiger charge is 2.17. The summed E-state index contributed by atoms with van der Waals surface area (Å²) in [5.41, 5.74) is 5.59. The highest BCUT2D eigenvalue weighted by molar-refractivity contribution is 5.89. The first-order valence-corrected chi connectivity index (χ1v) is 8.11. The number of anilines is 1. The highest BCUT2D eigenvalue weighted by atomic mass is 16.6. The molecule has 0 aliphatic heterocycles. The molecule has 2 amide bonds. The SMILES string of the molecule is O=C(Nc1ccc([N+](=O)[O-])cc1)N[C@H](Cc1ccccc1)C1=C=CC=C1. The van der Waals surface area contributed by atoms with E-state index >= 15 is 0 Å². The summed E-state index contributed by atoms with van der Waals surface area (Å²) in [6, 6.07) is 15.0. The topological polar surface area (TPSA) is 84.3 Å². The molecule has 0 heterocycles. The molecule has 0 radical (unpaired) electrons. The molecule has 0 saturated heterocycles. The largest absolute Gasteiger partial charge is 0.330 e. The van der Waals surface area contributed by atoms with Gasteiger partial charge in [-0.1, -0.05) is 36.4 Å². The molecule has 0 saturated carbocycles. The van der Waals surface area contributed by atoms with Gasteiger partial charge in [0.05, 0.1) is 11.0 Å². The first-order valence-electron chi connectivity index (χ1n) is 8.11. The van der Waals surface area contributed by atoms with Gasteiger partial charge in [0.2, 0.25) is 0 Å². The number of nitrogens with zero attached hydrogens (tertiary/aromatic N) is 1. The van der Waals surface area contributed by atoms with Gasteiger partial charge in [0.25, 0.3) is 5.69 Å². The van der Waals surface area contributed by atoms with Crippen LogP contribution in [0.3, 0.4) is 0 Å². The number of hydrogen-bond donors (Lipinski definition) is 2. The van der Waals surface area contributed by atoms with Crippen LogP contribution in [-0.4, -0.2) is 17.0 Å². The maximum Gasteiger partial charge on any atom is 0.319 e. The van der Waals surface area contributed by atoms with E-state index in [0.29, 0.717) is 12.1 Å². The van der Waals surface area contributed by atoms with Crippen molar-refractivity contribution in [1.29, 1.82) is 0 Å². The molecule has 1 aliphatic carbocycles. The quantitative estimate of drug-likeness (QED) is 0.471. The van der Waals surface area contributed by atoms with Gasteiger partial charge in [-0.25, -0.2) is 4.79 Å². The number of allylic oxidation sites excluding steroid dienone is 1. The summed E-state index contributed by atoms with van der Waals surface area (Å²) in [7, 11) is 0. The number of rotatable bonds is 6. The van der Waals surface area contributed by atoms with Gasteiger partial charge in [-0.3, -0.25) is 10.1 Å². The van der Waals surface area contributed by atoms with E-state index in [9.17, 15) is 14.9 Å². The average molecular weight is 347 g/mol. The van der Waals surface area contributed by atoms with Gasteiger partial charge in [-0.15, -0.1) is 5.73 Å². The molecule has 2 aromatic rings. The van der Waals surface area contributed by atoms with Crippen LogP contribution in [0.1, 0.15) is 5.56 Å². The second-order valence-corrected chi connectivity index (χ2v) is 5.77. The molecule has 0 bridgehead atoms. The zero-order valence-electron chi connectivity index (χ0n) is 13.9. The monoisotopic (exact) mass is 347 g/mol. The fourth-order valence-electron chi connectivity index (χ4n) is 2.64.